The van der Waals surface area contributed by atoms with Crippen LogP contribution in [0.3, 0.4) is 0 Å². The number of ether oxygens (including phenoxy) is 1. The van der Waals surface area contributed by atoms with E-state index in [1.54, 1.807) is 54.7 Å². The number of halogens is 1. The van der Waals surface area contributed by atoms with E-state index in [-0.39, 0.29) is 4.90 Å². The molecule has 0 aliphatic carbocycles. The van der Waals surface area contributed by atoms with Crippen molar-refractivity contribution in [1.82, 2.24) is 9.99 Å². The number of amides is 1. The van der Waals surface area contributed by atoms with E-state index in [1.165, 1.54) is 11.8 Å². The fraction of sp³-hybridized carbons (Fsp3) is 0.200. The first-order valence-electron chi connectivity index (χ1n) is 12.8. The zero-order valence-electron chi connectivity index (χ0n) is 23.2. The molecule has 0 spiro atoms. The molecular formula is C30H31BrN4O4S2. The molecule has 0 saturated heterocycles. The molecule has 0 unspecified atom stereocenters. The van der Waals surface area contributed by atoms with Crippen molar-refractivity contribution in [1.29, 1.82) is 0 Å². The summed E-state index contributed by atoms with van der Waals surface area (Å²) >= 11 is 5.12. The Morgan fingerprint density at radius 2 is 1.76 bits per heavy atom. The Labute approximate surface area is 253 Å². The van der Waals surface area contributed by atoms with Crippen molar-refractivity contribution < 1.29 is 17.9 Å². The number of aromatic nitrogens is 1. The van der Waals surface area contributed by atoms with E-state index in [2.05, 4.69) is 31.0 Å². The number of hydrogen-bond acceptors (Lipinski definition) is 6. The lowest BCUT2D eigenvalue weighted by atomic mass is 10.2. The van der Waals surface area contributed by atoms with Crippen molar-refractivity contribution >= 4 is 55.5 Å². The van der Waals surface area contributed by atoms with Gasteiger partial charge in [0.2, 0.25) is 0 Å². The van der Waals surface area contributed by atoms with Crippen LogP contribution in [0.1, 0.15) is 23.9 Å². The molecule has 1 aromatic heterocycles. The maximum atomic E-state index is 13.7. The van der Waals surface area contributed by atoms with Crippen LogP contribution in [0.25, 0.3) is 5.69 Å². The average Bonchev–Trinajstić information content (AvgIpc) is 3.25. The Kier molecular flexibility index (Phi) is 9.95. The molecule has 214 valence electrons. The minimum atomic E-state index is -4.06. The first-order valence-corrected chi connectivity index (χ1v) is 16.3. The van der Waals surface area contributed by atoms with Crippen molar-refractivity contribution in [2.45, 2.75) is 30.6 Å². The summed E-state index contributed by atoms with van der Waals surface area (Å²) in [6.07, 6.45) is 3.48. The third kappa shape index (κ3) is 7.03. The van der Waals surface area contributed by atoms with Crippen LogP contribution in [0.2, 0.25) is 0 Å². The summed E-state index contributed by atoms with van der Waals surface area (Å²) in [5, 5.41) is 4.14. The minimum Gasteiger partial charge on any atom is -0.494 e. The first kappa shape index (κ1) is 30.4. The minimum absolute atomic E-state index is 0.0833. The zero-order valence-corrected chi connectivity index (χ0v) is 26.4. The Hall–Kier alpha value is -3.54. The maximum absolute atomic E-state index is 13.7. The normalized spacial score (nSPS) is 11.5. The number of para-hydroxylation sites is 1. The van der Waals surface area contributed by atoms with Gasteiger partial charge in [-0.3, -0.25) is 9.10 Å². The molecule has 1 heterocycles. The van der Waals surface area contributed by atoms with Crippen LogP contribution in [0.4, 0.5) is 5.69 Å². The molecule has 3 aromatic carbocycles. The number of carbonyl (C=O) groups is 1. The summed E-state index contributed by atoms with van der Waals surface area (Å²) < 4.78 is 37.0. The molecular weight excluding hydrogens is 624 g/mol. The predicted octanol–water partition coefficient (Wildman–Crippen LogP) is 6.32. The molecule has 0 atom stereocenters. The smallest absolute Gasteiger partial charge is 0.264 e. The van der Waals surface area contributed by atoms with Gasteiger partial charge in [0.1, 0.15) is 12.3 Å². The Balaban J connectivity index is 1.56. The number of carbonyl (C=O) groups excluding carboxylic acids is 1. The molecule has 4 rings (SSSR count). The van der Waals surface area contributed by atoms with E-state index in [4.69, 9.17) is 4.74 Å². The molecule has 0 bridgehead atoms. The number of nitrogens with zero attached hydrogens (tertiary/aromatic N) is 3. The Morgan fingerprint density at radius 1 is 1.07 bits per heavy atom. The molecule has 8 nitrogen and oxygen atoms in total. The number of sulfonamides is 1. The standard InChI is InChI=1S/C30H31BrN4O4S2/c1-5-39-25-12-10-24(11-13-25)34(41(37,38)27-16-14-26(40-4)15-17-27)20-30(36)33-32-19-23-18-21(2)35(22(23)3)29-9-7-6-8-28(29)31/h6-19H,5,20H2,1-4H3,(H,33,36)/b32-19-. The summed E-state index contributed by atoms with van der Waals surface area (Å²) in [6, 6.07) is 23.0. The van der Waals surface area contributed by atoms with Gasteiger partial charge in [-0.25, -0.2) is 13.8 Å². The van der Waals surface area contributed by atoms with E-state index < -0.39 is 22.5 Å². The van der Waals surface area contributed by atoms with Crippen molar-refractivity contribution in [2.75, 3.05) is 23.7 Å². The molecule has 0 fully saturated rings. The highest BCUT2D eigenvalue weighted by molar-refractivity contribution is 9.10. The largest absolute Gasteiger partial charge is 0.494 e. The van der Waals surface area contributed by atoms with Crippen molar-refractivity contribution in [3.05, 3.63) is 100 Å². The second-order valence-corrected chi connectivity index (χ2v) is 12.6. The van der Waals surface area contributed by atoms with Gasteiger partial charge in [0, 0.05) is 26.3 Å². The Bertz CT molecular complexity index is 1650. The monoisotopic (exact) mass is 654 g/mol. The summed E-state index contributed by atoms with van der Waals surface area (Å²) in [4.78, 5) is 14.0. The van der Waals surface area contributed by atoms with E-state index in [0.717, 1.165) is 36.3 Å². The number of rotatable bonds is 11. The van der Waals surface area contributed by atoms with Crippen LogP contribution in [0.15, 0.2) is 98.2 Å². The summed E-state index contributed by atoms with van der Waals surface area (Å²) in [5.41, 5.74) is 6.58. The van der Waals surface area contributed by atoms with Crippen LogP contribution in [-0.2, 0) is 14.8 Å². The molecule has 0 saturated carbocycles. The van der Waals surface area contributed by atoms with Crippen LogP contribution in [-0.4, -0.2) is 44.5 Å². The van der Waals surface area contributed by atoms with Gasteiger partial charge in [0.25, 0.3) is 15.9 Å². The molecule has 4 aromatic rings. The SMILES string of the molecule is CCOc1ccc(N(CC(=O)N/N=C\c2cc(C)n(-c3ccccc3Br)c2C)S(=O)(=O)c2ccc(SC)cc2)cc1. The quantitative estimate of drug-likeness (QED) is 0.116. The number of anilines is 1. The first-order chi connectivity index (χ1) is 19.6. The van der Waals surface area contributed by atoms with Gasteiger partial charge in [-0.2, -0.15) is 5.10 Å². The van der Waals surface area contributed by atoms with Gasteiger partial charge in [0.15, 0.2) is 0 Å². The number of thioether (sulfide) groups is 1. The van der Waals surface area contributed by atoms with Gasteiger partial charge in [0.05, 0.1) is 29.1 Å². The summed E-state index contributed by atoms with van der Waals surface area (Å²) in [7, 11) is -4.06. The van der Waals surface area contributed by atoms with Crippen LogP contribution in [0.5, 0.6) is 5.75 Å². The van der Waals surface area contributed by atoms with Crippen LogP contribution < -0.4 is 14.5 Å². The number of hydrazone groups is 1. The fourth-order valence-corrected chi connectivity index (χ4v) is 6.62. The van der Waals surface area contributed by atoms with Gasteiger partial charge in [-0.1, -0.05) is 12.1 Å². The van der Waals surface area contributed by atoms with Gasteiger partial charge in [-0.05, 0) is 110 Å². The van der Waals surface area contributed by atoms with E-state index in [0.29, 0.717) is 18.0 Å². The van der Waals surface area contributed by atoms with Crippen molar-refractivity contribution in [3.63, 3.8) is 0 Å². The lowest BCUT2D eigenvalue weighted by molar-refractivity contribution is -0.119. The molecule has 11 heteroatoms. The lowest BCUT2D eigenvalue weighted by Gasteiger charge is -2.24. The molecule has 0 aliphatic rings. The third-order valence-corrected chi connectivity index (χ3v) is 9.53. The lowest BCUT2D eigenvalue weighted by Crippen LogP contribution is -2.39. The maximum Gasteiger partial charge on any atom is 0.264 e. The summed E-state index contributed by atoms with van der Waals surface area (Å²) in [5.74, 6) is 0.0196. The van der Waals surface area contributed by atoms with Crippen molar-refractivity contribution in [2.24, 2.45) is 5.10 Å². The van der Waals surface area contributed by atoms with Gasteiger partial charge >= 0.3 is 0 Å². The topological polar surface area (TPSA) is 93.0 Å². The van der Waals surface area contributed by atoms with E-state index >= 15 is 0 Å². The molecule has 41 heavy (non-hydrogen) atoms. The van der Waals surface area contributed by atoms with E-state index in [1.807, 2.05) is 57.4 Å². The number of nitrogens with one attached hydrogen (secondary N) is 1. The molecule has 0 radical (unpaired) electrons. The van der Waals surface area contributed by atoms with Crippen LogP contribution in [0, 0.1) is 13.8 Å². The highest BCUT2D eigenvalue weighted by Crippen LogP contribution is 2.28. The fourth-order valence-electron chi connectivity index (χ4n) is 4.33. The third-order valence-electron chi connectivity index (χ3n) is 6.33. The predicted molar refractivity (Wildman–Crippen MR) is 169 cm³/mol. The zero-order chi connectivity index (χ0) is 29.6. The van der Waals surface area contributed by atoms with Crippen LogP contribution >= 0.6 is 27.7 Å². The average molecular weight is 656 g/mol. The van der Waals surface area contributed by atoms with Gasteiger partial charge in [-0.15, -0.1) is 11.8 Å². The van der Waals surface area contributed by atoms with E-state index in [9.17, 15) is 13.2 Å². The highest BCUT2D eigenvalue weighted by Gasteiger charge is 2.27. The number of aryl methyl sites for hydroxylation is 1. The number of benzene rings is 3. The summed E-state index contributed by atoms with van der Waals surface area (Å²) in [6.45, 7) is 5.85. The van der Waals surface area contributed by atoms with Crippen molar-refractivity contribution in [3.8, 4) is 11.4 Å². The van der Waals surface area contributed by atoms with Gasteiger partial charge < -0.3 is 9.30 Å². The second kappa shape index (κ2) is 13.4. The molecule has 1 amide bonds. The second-order valence-electron chi connectivity index (χ2n) is 9.02. The highest BCUT2D eigenvalue weighted by atomic mass is 79.9. The Morgan fingerprint density at radius 3 is 2.39 bits per heavy atom. The number of hydrogen-bond donors (Lipinski definition) is 1. The molecule has 1 N–H and O–H groups in total. The molecule has 0 aliphatic heterocycles.